The van der Waals surface area contributed by atoms with Crippen molar-refractivity contribution in [3.05, 3.63) is 83.3 Å². The highest BCUT2D eigenvalue weighted by atomic mass is 16.2. The minimum absolute atomic E-state index is 0.0496. The van der Waals surface area contributed by atoms with Gasteiger partial charge >= 0.3 is 0 Å². The number of amides is 1. The van der Waals surface area contributed by atoms with Gasteiger partial charge in [-0.15, -0.1) is 0 Å². The number of rotatable bonds is 3. The summed E-state index contributed by atoms with van der Waals surface area (Å²) >= 11 is 0. The minimum Gasteiger partial charge on any atom is -0.339 e. The molecule has 5 nitrogen and oxygen atoms in total. The lowest BCUT2D eigenvalue weighted by atomic mass is 9.59. The highest BCUT2D eigenvalue weighted by Crippen LogP contribution is 2.35. The van der Waals surface area contributed by atoms with Crippen LogP contribution in [0.4, 0.5) is 0 Å². The van der Waals surface area contributed by atoms with Crippen LogP contribution in [0, 0.1) is 6.92 Å². The summed E-state index contributed by atoms with van der Waals surface area (Å²) in [5.41, 5.74) is 7.22. The summed E-state index contributed by atoms with van der Waals surface area (Å²) in [7, 11) is 6.07. The molecule has 0 N–H and O–H groups in total. The fourth-order valence-electron chi connectivity index (χ4n) is 4.41. The maximum absolute atomic E-state index is 13.0. The van der Waals surface area contributed by atoms with Gasteiger partial charge in [0, 0.05) is 36.7 Å². The van der Waals surface area contributed by atoms with Crippen LogP contribution in [-0.4, -0.2) is 41.3 Å². The monoisotopic (exact) mass is 392 g/mol. The Morgan fingerprint density at radius 2 is 1.83 bits per heavy atom. The van der Waals surface area contributed by atoms with Gasteiger partial charge in [0.25, 0.3) is 5.91 Å². The fourth-order valence-corrected chi connectivity index (χ4v) is 4.41. The molecule has 1 aliphatic rings. The van der Waals surface area contributed by atoms with Crippen LogP contribution in [0.3, 0.4) is 0 Å². The first-order valence-electron chi connectivity index (χ1n) is 10.2. The van der Waals surface area contributed by atoms with E-state index in [0.717, 1.165) is 22.2 Å². The van der Waals surface area contributed by atoms with E-state index in [2.05, 4.69) is 69.1 Å². The number of aromatic nitrogens is 3. The molecule has 30 heavy (non-hydrogen) atoms. The van der Waals surface area contributed by atoms with Gasteiger partial charge in [-0.3, -0.25) is 14.5 Å². The second kappa shape index (κ2) is 6.59. The summed E-state index contributed by atoms with van der Waals surface area (Å²) in [5.74, 6) is 0.0496. The molecule has 0 aliphatic carbocycles. The van der Waals surface area contributed by atoms with E-state index in [-0.39, 0.29) is 5.91 Å². The van der Waals surface area contributed by atoms with Gasteiger partial charge < -0.3 is 4.90 Å². The molecule has 0 spiro atoms. The molecule has 0 saturated carbocycles. The number of carbonyl (C=O) groups is 1. The van der Waals surface area contributed by atoms with E-state index >= 15 is 0 Å². The van der Waals surface area contributed by atoms with Crippen molar-refractivity contribution in [2.45, 2.75) is 18.8 Å². The Balaban J connectivity index is 1.46. The van der Waals surface area contributed by atoms with Crippen molar-refractivity contribution in [3.63, 3.8) is 0 Å². The van der Waals surface area contributed by atoms with Crippen molar-refractivity contribution < 1.29 is 4.79 Å². The molecule has 0 saturated heterocycles. The summed E-state index contributed by atoms with van der Waals surface area (Å²) in [6.45, 7) is 2.68. The zero-order valence-electron chi connectivity index (χ0n) is 17.7. The quantitative estimate of drug-likeness (QED) is 0.502. The van der Waals surface area contributed by atoms with E-state index in [9.17, 15) is 4.79 Å². The van der Waals surface area contributed by atoms with E-state index in [1.54, 1.807) is 6.20 Å². The smallest absolute Gasteiger partial charge is 0.255 e. The second-order valence-corrected chi connectivity index (χ2v) is 8.57. The molecular formula is C23H22B2N4O. The Kier molecular flexibility index (Phi) is 4.10. The number of nitrogens with zero attached hydrogens (tertiary/aromatic N) is 4. The highest BCUT2D eigenvalue weighted by molar-refractivity contribution is 6.42. The number of pyridine rings is 1. The molecule has 0 bridgehead atoms. The topological polar surface area (TPSA) is 51.0 Å². The first-order valence-corrected chi connectivity index (χ1v) is 10.2. The molecule has 2 aromatic carbocycles. The molecule has 0 fully saturated rings. The van der Waals surface area contributed by atoms with Crippen LogP contribution in [-0.2, 0) is 18.9 Å². The summed E-state index contributed by atoms with van der Waals surface area (Å²) in [6, 6.07) is 16.5. The lowest BCUT2D eigenvalue weighted by Crippen LogP contribution is -2.44. The van der Waals surface area contributed by atoms with Gasteiger partial charge in [0.2, 0.25) is 0 Å². The molecule has 146 valence electrons. The first-order chi connectivity index (χ1) is 14.3. The van der Waals surface area contributed by atoms with E-state index in [1.165, 1.54) is 16.7 Å². The Bertz CT molecular complexity index is 1310. The van der Waals surface area contributed by atoms with Gasteiger partial charge in [0.1, 0.15) is 15.7 Å². The molecule has 4 aromatic rings. The van der Waals surface area contributed by atoms with Crippen LogP contribution in [0.2, 0.25) is 0 Å². The maximum atomic E-state index is 13.0. The third-order valence-electron chi connectivity index (χ3n) is 6.16. The third kappa shape index (κ3) is 2.84. The van der Waals surface area contributed by atoms with Gasteiger partial charge in [-0.05, 0) is 53.4 Å². The molecule has 0 radical (unpaired) electrons. The predicted octanol–water partition coefficient (Wildman–Crippen LogP) is 1.98. The van der Waals surface area contributed by atoms with Crippen molar-refractivity contribution in [2.24, 2.45) is 7.05 Å². The molecular weight excluding hydrogens is 370 g/mol. The van der Waals surface area contributed by atoms with Crippen LogP contribution in [0.5, 0.6) is 0 Å². The van der Waals surface area contributed by atoms with E-state index < -0.39 is 5.34 Å². The lowest BCUT2D eigenvalue weighted by Gasteiger charge is -2.32. The van der Waals surface area contributed by atoms with Crippen molar-refractivity contribution in [1.82, 2.24) is 19.7 Å². The predicted molar refractivity (Wildman–Crippen MR) is 124 cm³/mol. The summed E-state index contributed by atoms with van der Waals surface area (Å²) < 4.78 is 1.84. The molecule has 0 atom stereocenters. The number of hydrogen-bond acceptors (Lipinski definition) is 3. The Labute approximate surface area is 177 Å². The van der Waals surface area contributed by atoms with Crippen LogP contribution >= 0.6 is 0 Å². The van der Waals surface area contributed by atoms with Crippen LogP contribution < -0.4 is 0 Å². The molecule has 1 aliphatic heterocycles. The fraction of sp³-hybridized carbons (Fsp3) is 0.174. The molecule has 0 unspecified atom stereocenters. The lowest BCUT2D eigenvalue weighted by molar-refractivity contribution is 0.0731. The average Bonchev–Trinajstić information content (AvgIpc) is 3.19. The van der Waals surface area contributed by atoms with Crippen LogP contribution in [0.15, 0.2) is 60.9 Å². The number of carbonyl (C=O) groups excluding carboxylic acids is 1. The summed E-state index contributed by atoms with van der Waals surface area (Å²) in [4.78, 5) is 19.4. The van der Waals surface area contributed by atoms with Crippen molar-refractivity contribution in [3.8, 4) is 11.1 Å². The number of fused-ring (bicyclic) bond motifs is 2. The summed E-state index contributed by atoms with van der Waals surface area (Å²) in [6.07, 6.45) is 3.79. The van der Waals surface area contributed by atoms with E-state index in [0.29, 0.717) is 12.1 Å². The molecule has 5 rings (SSSR count). The maximum Gasteiger partial charge on any atom is 0.255 e. The Morgan fingerprint density at radius 1 is 1.07 bits per heavy atom. The normalized spacial score (nSPS) is 15.0. The molecule has 2 aromatic heterocycles. The van der Waals surface area contributed by atoms with E-state index in [4.69, 9.17) is 0 Å². The minimum atomic E-state index is -0.426. The number of hydrogen-bond donors (Lipinski definition) is 0. The number of aryl methyl sites for hydroxylation is 2. The Morgan fingerprint density at radius 3 is 2.60 bits per heavy atom. The Hall–Kier alpha value is -3.34. The standard InChI is InChI=1S/C23H22B2N4O/c1-14-10-15(16-7-8-20-18(11-16)12-28(2)27-20)5-6-17(14)13-29-22(30)19-4-3-9-26-21(19)23(29,24)25/h3-12H,13,24-25H2,1-2H3. The average molecular weight is 392 g/mol. The van der Waals surface area contributed by atoms with Crippen molar-refractivity contribution >= 4 is 32.5 Å². The molecule has 7 heteroatoms. The largest absolute Gasteiger partial charge is 0.339 e. The van der Waals surface area contributed by atoms with Gasteiger partial charge in [0.15, 0.2) is 0 Å². The third-order valence-corrected chi connectivity index (χ3v) is 6.16. The highest BCUT2D eigenvalue weighted by Gasteiger charge is 2.43. The molecule has 3 heterocycles. The molecule has 1 amide bonds. The number of benzene rings is 2. The van der Waals surface area contributed by atoms with Gasteiger partial charge in [-0.1, -0.05) is 24.3 Å². The van der Waals surface area contributed by atoms with Gasteiger partial charge in [-0.25, -0.2) is 0 Å². The van der Waals surface area contributed by atoms with E-state index in [1.807, 2.05) is 35.0 Å². The second-order valence-electron chi connectivity index (χ2n) is 8.57. The van der Waals surface area contributed by atoms with Gasteiger partial charge in [-0.2, -0.15) is 5.10 Å². The van der Waals surface area contributed by atoms with Gasteiger partial charge in [0.05, 0.1) is 16.8 Å². The summed E-state index contributed by atoms with van der Waals surface area (Å²) in [5, 5.41) is 5.15. The zero-order valence-corrected chi connectivity index (χ0v) is 17.7. The van der Waals surface area contributed by atoms with Crippen molar-refractivity contribution in [2.75, 3.05) is 0 Å². The SMILES string of the molecule is BC1(B)c2ncccc2C(=O)N1Cc1ccc(-c2ccc3nn(C)cc3c2)cc1C. The van der Waals surface area contributed by atoms with Crippen LogP contribution in [0.1, 0.15) is 27.2 Å². The first kappa shape index (κ1) is 18.7. The van der Waals surface area contributed by atoms with Crippen LogP contribution in [0.25, 0.3) is 22.0 Å². The zero-order chi connectivity index (χ0) is 21.0. The van der Waals surface area contributed by atoms with Crippen molar-refractivity contribution in [1.29, 1.82) is 0 Å².